The minimum Gasteiger partial charge on any atom is -0.452 e. The van der Waals surface area contributed by atoms with Crippen LogP contribution in [0.2, 0.25) is 0 Å². The molecule has 9 heteroatoms. The van der Waals surface area contributed by atoms with Gasteiger partial charge in [-0.2, -0.15) is 5.26 Å². The Bertz CT molecular complexity index is 1010. The lowest BCUT2D eigenvalue weighted by molar-refractivity contribution is -0.124. The summed E-state index contributed by atoms with van der Waals surface area (Å²) in [7, 11) is -3.52. The Hall–Kier alpha value is -3.25. The smallest absolute Gasteiger partial charge is 0.338 e. The van der Waals surface area contributed by atoms with Crippen molar-refractivity contribution < 1.29 is 27.1 Å². The molecule has 2 aromatic rings. The van der Waals surface area contributed by atoms with Crippen molar-refractivity contribution in [1.29, 1.82) is 5.26 Å². The molecule has 0 aromatic heterocycles. The summed E-state index contributed by atoms with van der Waals surface area (Å²) in [6.45, 7) is -0.294. The number of carbonyl (C=O) groups excluding carboxylic acids is 2. The van der Waals surface area contributed by atoms with Crippen LogP contribution in [0.5, 0.6) is 0 Å². The summed E-state index contributed by atoms with van der Waals surface area (Å²) in [6.07, 6.45) is 0.308. The van der Waals surface area contributed by atoms with Crippen LogP contribution >= 0.6 is 0 Å². The first-order valence-corrected chi connectivity index (χ1v) is 10.5. The van der Waals surface area contributed by atoms with Gasteiger partial charge in [-0.1, -0.05) is 30.3 Å². The maximum absolute atomic E-state index is 13.5. The topological polar surface area (TPSA) is 113 Å². The number of hydrogen-bond donors (Lipinski definition) is 1. The molecule has 0 unspecified atom stereocenters. The van der Waals surface area contributed by atoms with Crippen LogP contribution in [0, 0.1) is 17.1 Å². The molecule has 0 atom stereocenters. The van der Waals surface area contributed by atoms with E-state index in [1.165, 1.54) is 30.3 Å². The van der Waals surface area contributed by atoms with E-state index in [1.807, 2.05) is 0 Å². The molecule has 0 aliphatic heterocycles. The number of nitrogens with one attached hydrogen (secondary N) is 1. The molecule has 29 heavy (non-hydrogen) atoms. The third kappa shape index (κ3) is 7.35. The zero-order valence-corrected chi connectivity index (χ0v) is 16.2. The van der Waals surface area contributed by atoms with E-state index in [4.69, 9.17) is 10.00 Å². The van der Waals surface area contributed by atoms with Crippen LogP contribution in [0.25, 0.3) is 0 Å². The largest absolute Gasteiger partial charge is 0.452 e. The zero-order chi connectivity index (χ0) is 21.3. The highest BCUT2D eigenvalue weighted by molar-refractivity contribution is 7.90. The van der Waals surface area contributed by atoms with Gasteiger partial charge in [-0.25, -0.2) is 17.6 Å². The van der Waals surface area contributed by atoms with Gasteiger partial charge in [-0.05, 0) is 35.7 Å². The summed E-state index contributed by atoms with van der Waals surface area (Å²) in [5.41, 5.74) is 1.06. The molecule has 0 saturated carbocycles. The molecule has 2 rings (SSSR count). The summed E-state index contributed by atoms with van der Waals surface area (Å²) in [4.78, 5) is 23.7. The fourth-order valence-corrected chi connectivity index (χ4v) is 3.44. The second kappa shape index (κ2) is 10.3. The summed E-state index contributed by atoms with van der Waals surface area (Å²) in [6, 6.07) is 13.5. The zero-order valence-electron chi connectivity index (χ0n) is 15.4. The van der Waals surface area contributed by atoms with Gasteiger partial charge in [0, 0.05) is 6.54 Å². The lowest BCUT2D eigenvalue weighted by atomic mass is 10.1. The first kappa shape index (κ1) is 22.0. The molecule has 152 valence electrons. The lowest BCUT2D eigenvalue weighted by Crippen LogP contribution is -2.30. The SMILES string of the molecule is N#CCS(=O)(=O)Cc1ccc(C(=O)OCC(=O)NCCc2ccccc2F)cc1. The number of nitriles is 1. The van der Waals surface area contributed by atoms with E-state index in [-0.39, 0.29) is 23.7 Å². The Kier molecular flexibility index (Phi) is 7.86. The molecular formula is C20H19FN2O5S. The molecular weight excluding hydrogens is 399 g/mol. The summed E-state index contributed by atoms with van der Waals surface area (Å²) < 4.78 is 41.6. The average molecular weight is 418 g/mol. The van der Waals surface area contributed by atoms with Crippen LogP contribution in [0.3, 0.4) is 0 Å². The average Bonchev–Trinajstić information content (AvgIpc) is 2.68. The van der Waals surface area contributed by atoms with E-state index in [2.05, 4.69) is 5.32 Å². The van der Waals surface area contributed by atoms with Crippen LogP contribution in [0.4, 0.5) is 4.39 Å². The number of carbonyl (C=O) groups is 2. The Balaban J connectivity index is 1.77. The molecule has 1 N–H and O–H groups in total. The maximum Gasteiger partial charge on any atom is 0.338 e. The monoisotopic (exact) mass is 418 g/mol. The van der Waals surface area contributed by atoms with Crippen molar-refractivity contribution in [2.45, 2.75) is 12.2 Å². The number of esters is 1. The molecule has 0 radical (unpaired) electrons. The molecule has 0 fully saturated rings. The van der Waals surface area contributed by atoms with Gasteiger partial charge in [-0.3, -0.25) is 4.79 Å². The molecule has 0 bridgehead atoms. The number of halogens is 1. The van der Waals surface area contributed by atoms with Crippen LogP contribution < -0.4 is 5.32 Å². The van der Waals surface area contributed by atoms with Crippen LogP contribution in [0.1, 0.15) is 21.5 Å². The van der Waals surface area contributed by atoms with Crippen LogP contribution in [0.15, 0.2) is 48.5 Å². The third-order valence-corrected chi connectivity index (χ3v) is 5.21. The predicted octanol–water partition coefficient (Wildman–Crippen LogP) is 1.78. The van der Waals surface area contributed by atoms with E-state index in [1.54, 1.807) is 24.3 Å². The van der Waals surface area contributed by atoms with Crippen molar-refractivity contribution >= 4 is 21.7 Å². The fraction of sp³-hybridized carbons (Fsp3) is 0.250. The van der Waals surface area contributed by atoms with Gasteiger partial charge in [0.2, 0.25) is 0 Å². The highest BCUT2D eigenvalue weighted by atomic mass is 32.2. The highest BCUT2D eigenvalue weighted by Crippen LogP contribution is 2.10. The number of sulfone groups is 1. The number of benzene rings is 2. The first-order valence-electron chi connectivity index (χ1n) is 8.64. The second-order valence-electron chi connectivity index (χ2n) is 6.15. The van der Waals surface area contributed by atoms with E-state index in [9.17, 15) is 22.4 Å². The standard InChI is InChI=1S/C20H19FN2O5S/c21-18-4-2-1-3-16(18)9-11-23-19(24)13-28-20(25)17-7-5-15(6-8-17)14-29(26,27)12-10-22/h1-8H,9,11-14H2,(H,23,24). The van der Waals surface area contributed by atoms with E-state index in [0.29, 0.717) is 17.5 Å². The van der Waals surface area contributed by atoms with Gasteiger partial charge in [0.25, 0.3) is 5.91 Å². The summed E-state index contributed by atoms with van der Waals surface area (Å²) in [5, 5.41) is 11.0. The van der Waals surface area contributed by atoms with Crippen LogP contribution in [-0.2, 0) is 31.5 Å². The number of amides is 1. The quantitative estimate of drug-likeness (QED) is 0.621. The Morgan fingerprint density at radius 1 is 1.10 bits per heavy atom. The fourth-order valence-electron chi connectivity index (χ4n) is 2.44. The van der Waals surface area contributed by atoms with Crippen molar-refractivity contribution in [3.63, 3.8) is 0 Å². The van der Waals surface area contributed by atoms with Gasteiger partial charge in [0.15, 0.2) is 16.4 Å². The van der Waals surface area contributed by atoms with Crippen molar-refractivity contribution in [1.82, 2.24) is 5.32 Å². The molecule has 0 aliphatic rings. The second-order valence-corrected chi connectivity index (χ2v) is 8.22. The van der Waals surface area contributed by atoms with Crippen molar-refractivity contribution in [2.75, 3.05) is 18.9 Å². The van der Waals surface area contributed by atoms with Gasteiger partial charge in [-0.15, -0.1) is 0 Å². The molecule has 0 aliphatic carbocycles. The van der Waals surface area contributed by atoms with Gasteiger partial charge in [0.1, 0.15) is 11.6 Å². The predicted molar refractivity (Wildman–Crippen MR) is 103 cm³/mol. The van der Waals surface area contributed by atoms with E-state index in [0.717, 1.165) is 0 Å². The number of rotatable bonds is 9. The lowest BCUT2D eigenvalue weighted by Gasteiger charge is -2.08. The highest BCUT2D eigenvalue weighted by Gasteiger charge is 2.14. The Morgan fingerprint density at radius 3 is 2.45 bits per heavy atom. The van der Waals surface area contributed by atoms with Gasteiger partial charge in [0.05, 0.1) is 17.4 Å². The minimum atomic E-state index is -3.52. The first-order chi connectivity index (χ1) is 13.8. The molecule has 7 nitrogen and oxygen atoms in total. The number of hydrogen-bond acceptors (Lipinski definition) is 6. The molecule has 0 heterocycles. The molecule has 2 aromatic carbocycles. The normalized spacial score (nSPS) is 10.8. The van der Waals surface area contributed by atoms with Crippen molar-refractivity contribution in [2.24, 2.45) is 0 Å². The molecule has 0 saturated heterocycles. The van der Waals surface area contributed by atoms with Gasteiger partial charge < -0.3 is 10.1 Å². The van der Waals surface area contributed by atoms with Crippen LogP contribution in [-0.4, -0.2) is 39.2 Å². The Labute approximate surface area is 168 Å². The number of nitrogens with zero attached hydrogens (tertiary/aromatic N) is 1. The van der Waals surface area contributed by atoms with Crippen molar-refractivity contribution in [3.05, 3.63) is 71.0 Å². The van der Waals surface area contributed by atoms with Crippen molar-refractivity contribution in [3.8, 4) is 6.07 Å². The van der Waals surface area contributed by atoms with E-state index >= 15 is 0 Å². The third-order valence-electron chi connectivity index (χ3n) is 3.87. The van der Waals surface area contributed by atoms with E-state index < -0.39 is 34.1 Å². The Morgan fingerprint density at radius 2 is 1.79 bits per heavy atom. The maximum atomic E-state index is 13.5. The molecule has 0 spiro atoms. The number of ether oxygens (including phenoxy) is 1. The summed E-state index contributed by atoms with van der Waals surface area (Å²) in [5.74, 6) is -2.49. The minimum absolute atomic E-state index is 0.158. The summed E-state index contributed by atoms with van der Waals surface area (Å²) >= 11 is 0. The molecule has 1 amide bonds. The van der Waals surface area contributed by atoms with Gasteiger partial charge >= 0.3 is 5.97 Å².